The zero-order valence-corrected chi connectivity index (χ0v) is 7.28. The molecule has 0 amide bonds. The Labute approximate surface area is 71.0 Å². The van der Waals surface area contributed by atoms with Crippen molar-refractivity contribution < 1.29 is 0 Å². The van der Waals surface area contributed by atoms with Crippen molar-refractivity contribution in [3.63, 3.8) is 0 Å². The van der Waals surface area contributed by atoms with E-state index in [0.29, 0.717) is 11.8 Å². The second-order valence-electron chi connectivity index (χ2n) is 3.12. The number of rotatable bonds is 2. The van der Waals surface area contributed by atoms with E-state index in [1.807, 2.05) is 6.92 Å². The van der Waals surface area contributed by atoms with Crippen molar-refractivity contribution in [1.29, 1.82) is 0 Å². The fourth-order valence-electron chi connectivity index (χ4n) is 1.33. The maximum Gasteiger partial charge on any atom is 0.0699 e. The van der Waals surface area contributed by atoms with Crippen molar-refractivity contribution in [3.8, 4) is 0 Å². The molecule has 0 bridgehead atoms. The van der Waals surface area contributed by atoms with Crippen molar-refractivity contribution in [2.45, 2.75) is 31.6 Å². The molecule has 1 aliphatic carbocycles. The summed E-state index contributed by atoms with van der Waals surface area (Å²) in [5, 5.41) is 7.21. The molecule has 1 aromatic heterocycles. The number of nitrogens with zero attached hydrogens (tertiary/aromatic N) is 1. The molecule has 11 heavy (non-hydrogen) atoms. The molecule has 1 aliphatic rings. The van der Waals surface area contributed by atoms with Gasteiger partial charge in [-0.1, -0.05) is 0 Å². The fraction of sp³-hybridized carbons (Fsp3) is 0.625. The number of hydrogen-bond acceptors (Lipinski definition) is 1. The molecule has 1 fully saturated rings. The van der Waals surface area contributed by atoms with E-state index in [1.54, 1.807) is 0 Å². The molecule has 0 saturated heterocycles. The summed E-state index contributed by atoms with van der Waals surface area (Å²) in [5.74, 6) is 1.29. The summed E-state index contributed by atoms with van der Waals surface area (Å²) < 4.78 is 0. The third-order valence-corrected chi connectivity index (χ3v) is 2.47. The molecule has 0 aromatic carbocycles. The Balaban J connectivity index is 2.36. The SMILES string of the molecule is Cc1[nH]nc(C2CC2)c1CCl. The first-order chi connectivity index (χ1) is 5.33. The number of aromatic nitrogens is 2. The van der Waals surface area contributed by atoms with Gasteiger partial charge in [0.1, 0.15) is 0 Å². The van der Waals surface area contributed by atoms with Gasteiger partial charge in [0.05, 0.1) is 11.6 Å². The molecule has 0 aliphatic heterocycles. The average Bonchev–Trinajstić information content (AvgIpc) is 2.76. The van der Waals surface area contributed by atoms with Crippen LogP contribution in [0.4, 0.5) is 0 Å². The Hall–Kier alpha value is -0.500. The van der Waals surface area contributed by atoms with E-state index in [0.717, 1.165) is 5.69 Å². The minimum atomic E-state index is 0.591. The molecule has 0 unspecified atom stereocenters. The molecule has 1 N–H and O–H groups in total. The highest BCUT2D eigenvalue weighted by Gasteiger charge is 2.28. The van der Waals surface area contributed by atoms with Crippen LogP contribution in [0.3, 0.4) is 0 Å². The molecule has 1 saturated carbocycles. The molecule has 3 heteroatoms. The van der Waals surface area contributed by atoms with Gasteiger partial charge in [0.25, 0.3) is 0 Å². The van der Waals surface area contributed by atoms with E-state index >= 15 is 0 Å². The largest absolute Gasteiger partial charge is 0.282 e. The van der Waals surface area contributed by atoms with Crippen LogP contribution >= 0.6 is 11.6 Å². The highest BCUT2D eigenvalue weighted by atomic mass is 35.5. The summed E-state index contributed by atoms with van der Waals surface area (Å²) in [7, 11) is 0. The van der Waals surface area contributed by atoms with Gasteiger partial charge in [0, 0.05) is 17.2 Å². The van der Waals surface area contributed by atoms with Crippen LogP contribution in [0.15, 0.2) is 0 Å². The first kappa shape index (κ1) is 7.17. The number of alkyl halides is 1. The molecular weight excluding hydrogens is 160 g/mol. The topological polar surface area (TPSA) is 28.7 Å². The second kappa shape index (κ2) is 2.52. The number of aromatic amines is 1. The molecule has 0 atom stereocenters. The van der Waals surface area contributed by atoms with E-state index in [9.17, 15) is 0 Å². The fourth-order valence-corrected chi connectivity index (χ4v) is 1.67. The monoisotopic (exact) mass is 170 g/mol. The third kappa shape index (κ3) is 1.16. The van der Waals surface area contributed by atoms with Crippen LogP contribution < -0.4 is 0 Å². The minimum absolute atomic E-state index is 0.591. The molecule has 2 nitrogen and oxygen atoms in total. The Morgan fingerprint density at radius 1 is 1.64 bits per heavy atom. The quantitative estimate of drug-likeness (QED) is 0.679. The minimum Gasteiger partial charge on any atom is -0.282 e. The van der Waals surface area contributed by atoms with Crippen LogP contribution in [0.5, 0.6) is 0 Å². The van der Waals surface area contributed by atoms with Gasteiger partial charge in [-0.25, -0.2) is 0 Å². The summed E-state index contributed by atoms with van der Waals surface area (Å²) in [5.41, 5.74) is 3.55. The van der Waals surface area contributed by atoms with Crippen molar-refractivity contribution in [1.82, 2.24) is 10.2 Å². The van der Waals surface area contributed by atoms with Crippen LogP contribution in [0.25, 0.3) is 0 Å². The summed E-state index contributed by atoms with van der Waals surface area (Å²) in [4.78, 5) is 0. The van der Waals surface area contributed by atoms with E-state index < -0.39 is 0 Å². The predicted molar refractivity (Wildman–Crippen MR) is 44.9 cm³/mol. The van der Waals surface area contributed by atoms with E-state index in [1.165, 1.54) is 24.1 Å². The van der Waals surface area contributed by atoms with Gasteiger partial charge in [-0.2, -0.15) is 5.10 Å². The first-order valence-electron chi connectivity index (χ1n) is 3.92. The maximum absolute atomic E-state index is 5.79. The van der Waals surface area contributed by atoms with Crippen molar-refractivity contribution in [2.75, 3.05) is 0 Å². The lowest BCUT2D eigenvalue weighted by atomic mass is 10.1. The van der Waals surface area contributed by atoms with Crippen LogP contribution in [0.1, 0.15) is 35.7 Å². The lowest BCUT2D eigenvalue weighted by Crippen LogP contribution is -1.86. The predicted octanol–water partition coefficient (Wildman–Crippen LogP) is 2.33. The van der Waals surface area contributed by atoms with E-state index in [-0.39, 0.29) is 0 Å². The molecular formula is C8H11ClN2. The second-order valence-corrected chi connectivity index (χ2v) is 3.39. The van der Waals surface area contributed by atoms with Crippen LogP contribution in [-0.4, -0.2) is 10.2 Å². The third-order valence-electron chi connectivity index (χ3n) is 2.20. The van der Waals surface area contributed by atoms with Gasteiger partial charge in [0.15, 0.2) is 0 Å². The molecule has 0 radical (unpaired) electrons. The van der Waals surface area contributed by atoms with Crippen molar-refractivity contribution in [3.05, 3.63) is 17.0 Å². The number of H-pyrrole nitrogens is 1. The van der Waals surface area contributed by atoms with E-state index in [4.69, 9.17) is 11.6 Å². The van der Waals surface area contributed by atoms with Gasteiger partial charge in [-0.15, -0.1) is 11.6 Å². The Morgan fingerprint density at radius 2 is 2.36 bits per heavy atom. The Morgan fingerprint density at radius 3 is 2.91 bits per heavy atom. The highest BCUT2D eigenvalue weighted by molar-refractivity contribution is 6.17. The van der Waals surface area contributed by atoms with Crippen molar-refractivity contribution >= 4 is 11.6 Å². The number of nitrogens with one attached hydrogen (secondary N) is 1. The highest BCUT2D eigenvalue weighted by Crippen LogP contribution is 2.41. The van der Waals surface area contributed by atoms with Crippen molar-refractivity contribution in [2.24, 2.45) is 0 Å². The summed E-state index contributed by atoms with van der Waals surface area (Å²) in [6.45, 7) is 2.02. The Kier molecular flexibility index (Phi) is 1.64. The molecule has 60 valence electrons. The molecule has 1 heterocycles. The van der Waals surface area contributed by atoms with Gasteiger partial charge in [-0.05, 0) is 19.8 Å². The molecule has 2 rings (SSSR count). The summed E-state index contributed by atoms with van der Waals surface area (Å²) in [6.07, 6.45) is 2.57. The Bertz CT molecular complexity index is 263. The lowest BCUT2D eigenvalue weighted by molar-refractivity contribution is 0.950. The smallest absolute Gasteiger partial charge is 0.0699 e. The van der Waals surface area contributed by atoms with Crippen LogP contribution in [0.2, 0.25) is 0 Å². The lowest BCUT2D eigenvalue weighted by Gasteiger charge is -1.94. The first-order valence-corrected chi connectivity index (χ1v) is 4.46. The molecule has 0 spiro atoms. The van der Waals surface area contributed by atoms with Crippen LogP contribution in [0, 0.1) is 6.92 Å². The average molecular weight is 171 g/mol. The van der Waals surface area contributed by atoms with Gasteiger partial charge < -0.3 is 0 Å². The summed E-state index contributed by atoms with van der Waals surface area (Å²) in [6, 6.07) is 0. The van der Waals surface area contributed by atoms with E-state index in [2.05, 4.69) is 10.2 Å². The number of aryl methyl sites for hydroxylation is 1. The zero-order valence-electron chi connectivity index (χ0n) is 6.52. The number of halogens is 1. The summed E-state index contributed by atoms with van der Waals surface area (Å²) >= 11 is 5.79. The molecule has 1 aromatic rings. The maximum atomic E-state index is 5.79. The van der Waals surface area contributed by atoms with Gasteiger partial charge in [0.2, 0.25) is 0 Å². The normalized spacial score (nSPS) is 17.3. The standard InChI is InChI=1S/C8H11ClN2/c1-5-7(4-9)8(11-10-5)6-2-3-6/h6H,2-4H2,1H3,(H,10,11). The number of hydrogen-bond donors (Lipinski definition) is 1. The van der Waals surface area contributed by atoms with Gasteiger partial charge in [-0.3, -0.25) is 5.10 Å². The van der Waals surface area contributed by atoms with Gasteiger partial charge >= 0.3 is 0 Å². The van der Waals surface area contributed by atoms with Crippen LogP contribution in [-0.2, 0) is 5.88 Å². The zero-order chi connectivity index (χ0) is 7.84.